The molecule has 3 aromatic heterocycles. The molecule has 0 amide bonds. The van der Waals surface area contributed by atoms with E-state index in [1.165, 1.54) is 0 Å². The van der Waals surface area contributed by atoms with E-state index >= 15 is 0 Å². The fraction of sp³-hybridized carbons (Fsp3) is 0.167. The van der Waals surface area contributed by atoms with Gasteiger partial charge in [-0.25, -0.2) is 4.68 Å². The number of aromatic nitrogens is 5. The van der Waals surface area contributed by atoms with Crippen molar-refractivity contribution < 1.29 is 4.42 Å². The lowest BCUT2D eigenvalue weighted by Gasteiger charge is -2.02. The minimum absolute atomic E-state index is 0.537. The van der Waals surface area contributed by atoms with E-state index in [4.69, 9.17) is 4.42 Å². The van der Waals surface area contributed by atoms with E-state index in [1.807, 2.05) is 30.5 Å². The van der Waals surface area contributed by atoms with Gasteiger partial charge in [-0.2, -0.15) is 0 Å². The average molecular weight is 273 g/mol. The number of hydrogen-bond donors (Lipinski definition) is 0. The molecule has 7 heteroatoms. The molecule has 0 N–H and O–H groups in total. The van der Waals surface area contributed by atoms with Crippen LogP contribution in [0.2, 0.25) is 0 Å². The van der Waals surface area contributed by atoms with Gasteiger partial charge in [0.15, 0.2) is 0 Å². The second kappa shape index (κ2) is 5.66. The van der Waals surface area contributed by atoms with Gasteiger partial charge in [0.25, 0.3) is 0 Å². The quantitative estimate of drug-likeness (QED) is 0.662. The van der Waals surface area contributed by atoms with Crippen LogP contribution in [-0.2, 0) is 12.3 Å². The van der Waals surface area contributed by atoms with Gasteiger partial charge in [-0.3, -0.25) is 4.98 Å². The van der Waals surface area contributed by atoms with Crippen molar-refractivity contribution in [3.63, 3.8) is 0 Å². The molecule has 6 nitrogen and oxygen atoms in total. The topological polar surface area (TPSA) is 69.6 Å². The monoisotopic (exact) mass is 273 g/mol. The Hall–Kier alpha value is -2.15. The summed E-state index contributed by atoms with van der Waals surface area (Å²) in [6.45, 7) is 0.537. The van der Waals surface area contributed by atoms with Crippen molar-refractivity contribution in [2.45, 2.75) is 17.5 Å². The van der Waals surface area contributed by atoms with E-state index < -0.39 is 0 Å². The summed E-state index contributed by atoms with van der Waals surface area (Å²) in [5, 5.41) is 12.4. The Balaban J connectivity index is 1.67. The van der Waals surface area contributed by atoms with E-state index in [1.54, 1.807) is 28.9 Å². The van der Waals surface area contributed by atoms with Crippen LogP contribution in [0.3, 0.4) is 0 Å². The van der Waals surface area contributed by atoms with Crippen LogP contribution in [0, 0.1) is 0 Å². The maximum atomic E-state index is 5.29. The van der Waals surface area contributed by atoms with Crippen LogP contribution in [0.25, 0.3) is 0 Å². The van der Waals surface area contributed by atoms with Crippen LogP contribution in [0.4, 0.5) is 0 Å². The number of hydrogen-bond acceptors (Lipinski definition) is 6. The molecular weight excluding hydrogens is 262 g/mol. The lowest BCUT2D eigenvalue weighted by atomic mass is 10.3. The van der Waals surface area contributed by atoms with Crippen molar-refractivity contribution >= 4 is 11.8 Å². The van der Waals surface area contributed by atoms with Gasteiger partial charge in [0.05, 0.1) is 6.26 Å². The van der Waals surface area contributed by atoms with Gasteiger partial charge in [-0.05, 0) is 34.2 Å². The van der Waals surface area contributed by atoms with Crippen LogP contribution in [0.5, 0.6) is 0 Å². The van der Waals surface area contributed by atoms with Gasteiger partial charge in [-0.1, -0.05) is 17.8 Å². The summed E-state index contributed by atoms with van der Waals surface area (Å²) >= 11 is 1.57. The molecule has 0 fully saturated rings. The summed E-state index contributed by atoms with van der Waals surface area (Å²) in [7, 11) is 0. The zero-order valence-corrected chi connectivity index (χ0v) is 10.8. The summed E-state index contributed by atoms with van der Waals surface area (Å²) in [6, 6.07) is 7.70. The molecule has 0 atom stereocenters. The molecule has 3 rings (SSSR count). The molecule has 0 saturated heterocycles. The minimum Gasteiger partial charge on any atom is -0.467 e. The molecule has 3 heterocycles. The first-order valence-corrected chi connectivity index (χ1v) is 6.70. The van der Waals surface area contributed by atoms with Crippen molar-refractivity contribution in [2.24, 2.45) is 0 Å². The summed E-state index contributed by atoms with van der Waals surface area (Å²) < 4.78 is 7.01. The van der Waals surface area contributed by atoms with Crippen molar-refractivity contribution in [1.82, 2.24) is 25.2 Å². The number of furan rings is 1. The van der Waals surface area contributed by atoms with E-state index in [9.17, 15) is 0 Å². The maximum Gasteiger partial charge on any atom is 0.210 e. The van der Waals surface area contributed by atoms with Gasteiger partial charge in [0.1, 0.15) is 12.3 Å². The Morgan fingerprint density at radius 1 is 1.26 bits per heavy atom. The van der Waals surface area contributed by atoms with E-state index in [-0.39, 0.29) is 0 Å². The Bertz CT molecular complexity index is 623. The second-order valence-corrected chi connectivity index (χ2v) is 4.79. The molecule has 0 aliphatic heterocycles. The molecule has 0 aliphatic rings. The molecule has 19 heavy (non-hydrogen) atoms. The van der Waals surface area contributed by atoms with Gasteiger partial charge in [0, 0.05) is 18.1 Å². The SMILES string of the molecule is c1cncc(CSc2nnnn2Cc2ccco2)c1. The Morgan fingerprint density at radius 2 is 2.26 bits per heavy atom. The second-order valence-electron chi connectivity index (χ2n) is 3.85. The highest BCUT2D eigenvalue weighted by Crippen LogP contribution is 2.19. The Labute approximate surface area is 113 Å². The first-order chi connectivity index (χ1) is 9.42. The minimum atomic E-state index is 0.537. The third-order valence-corrected chi connectivity index (χ3v) is 3.50. The predicted octanol–water partition coefficient (Wildman–Crippen LogP) is 2.00. The number of pyridine rings is 1. The zero-order valence-electron chi connectivity index (χ0n) is 10.0. The fourth-order valence-corrected chi connectivity index (χ4v) is 2.39. The normalized spacial score (nSPS) is 10.7. The summed E-state index contributed by atoms with van der Waals surface area (Å²) in [5.74, 6) is 1.61. The van der Waals surface area contributed by atoms with Crippen molar-refractivity contribution in [2.75, 3.05) is 0 Å². The molecular formula is C12H11N5OS. The van der Waals surface area contributed by atoms with E-state index in [0.717, 1.165) is 22.2 Å². The van der Waals surface area contributed by atoms with Crippen LogP contribution < -0.4 is 0 Å². The third kappa shape index (κ3) is 3.00. The molecule has 0 bridgehead atoms. The number of rotatable bonds is 5. The van der Waals surface area contributed by atoms with Crippen LogP contribution in [0.15, 0.2) is 52.5 Å². The highest BCUT2D eigenvalue weighted by atomic mass is 32.2. The molecule has 0 aromatic carbocycles. The first-order valence-electron chi connectivity index (χ1n) is 5.72. The van der Waals surface area contributed by atoms with E-state index in [2.05, 4.69) is 20.5 Å². The van der Waals surface area contributed by atoms with E-state index in [0.29, 0.717) is 6.54 Å². The van der Waals surface area contributed by atoms with Crippen LogP contribution >= 0.6 is 11.8 Å². The average Bonchev–Trinajstić information content (AvgIpc) is 3.10. The molecule has 0 saturated carbocycles. The summed E-state index contributed by atoms with van der Waals surface area (Å²) in [6.07, 6.45) is 5.24. The third-order valence-electron chi connectivity index (χ3n) is 2.48. The molecule has 3 aromatic rings. The van der Waals surface area contributed by atoms with Gasteiger partial charge >= 0.3 is 0 Å². The molecule has 0 aliphatic carbocycles. The van der Waals surface area contributed by atoms with Gasteiger partial charge in [-0.15, -0.1) is 5.10 Å². The number of nitrogens with zero attached hydrogens (tertiary/aromatic N) is 5. The van der Waals surface area contributed by atoms with Crippen molar-refractivity contribution in [3.8, 4) is 0 Å². The molecule has 0 spiro atoms. The maximum absolute atomic E-state index is 5.29. The van der Waals surface area contributed by atoms with Gasteiger partial charge < -0.3 is 4.42 Å². The van der Waals surface area contributed by atoms with Gasteiger partial charge in [0.2, 0.25) is 5.16 Å². The largest absolute Gasteiger partial charge is 0.467 e. The van der Waals surface area contributed by atoms with Crippen LogP contribution in [0.1, 0.15) is 11.3 Å². The lowest BCUT2D eigenvalue weighted by molar-refractivity contribution is 0.462. The standard InChI is InChI=1S/C12H11N5OS/c1-3-10(7-13-5-1)9-19-12-14-15-16-17(12)8-11-4-2-6-18-11/h1-7H,8-9H2. The van der Waals surface area contributed by atoms with Crippen molar-refractivity contribution in [1.29, 1.82) is 0 Å². The Morgan fingerprint density at radius 3 is 3.05 bits per heavy atom. The molecule has 0 unspecified atom stereocenters. The first kappa shape index (κ1) is 11.9. The van der Waals surface area contributed by atoms with Crippen molar-refractivity contribution in [3.05, 3.63) is 54.2 Å². The Kier molecular flexibility index (Phi) is 3.55. The highest BCUT2D eigenvalue weighted by Gasteiger charge is 2.08. The van der Waals surface area contributed by atoms with Crippen LogP contribution in [-0.4, -0.2) is 25.2 Å². The fourth-order valence-electron chi connectivity index (χ4n) is 1.58. The summed E-state index contributed by atoms with van der Waals surface area (Å²) in [5.41, 5.74) is 1.14. The zero-order chi connectivity index (χ0) is 12.9. The smallest absolute Gasteiger partial charge is 0.210 e. The predicted molar refractivity (Wildman–Crippen MR) is 69.4 cm³/mol. The number of thioether (sulfide) groups is 1. The number of tetrazole rings is 1. The molecule has 0 radical (unpaired) electrons. The lowest BCUT2D eigenvalue weighted by Crippen LogP contribution is -2.03. The highest BCUT2D eigenvalue weighted by molar-refractivity contribution is 7.98. The summed E-state index contributed by atoms with van der Waals surface area (Å²) in [4.78, 5) is 4.08. The molecule has 96 valence electrons.